The molecule has 0 unspecified atom stereocenters. The molecule has 3 heterocycles. The average molecular weight is 459 g/mol. The number of likely N-dealkylation sites (tertiary alicyclic amines) is 1. The molecule has 0 aliphatic carbocycles. The highest BCUT2D eigenvalue weighted by Gasteiger charge is 2.28. The molecule has 1 fully saturated rings. The van der Waals surface area contributed by atoms with Crippen LogP contribution in [0.1, 0.15) is 38.2 Å². The molecule has 34 heavy (non-hydrogen) atoms. The van der Waals surface area contributed by atoms with Gasteiger partial charge >= 0.3 is 5.69 Å². The van der Waals surface area contributed by atoms with Gasteiger partial charge in [0, 0.05) is 25.0 Å². The van der Waals surface area contributed by atoms with Crippen molar-refractivity contribution in [2.45, 2.75) is 52.1 Å². The number of carbonyl (C=O) groups is 1. The van der Waals surface area contributed by atoms with Gasteiger partial charge in [-0.25, -0.2) is 9.36 Å². The number of hydrogen-bond acceptors (Lipinski definition) is 3. The molecule has 2 aromatic heterocycles. The van der Waals surface area contributed by atoms with E-state index >= 15 is 0 Å². The Morgan fingerprint density at radius 3 is 2.53 bits per heavy atom. The van der Waals surface area contributed by atoms with Crippen molar-refractivity contribution in [1.82, 2.24) is 18.6 Å². The van der Waals surface area contributed by atoms with Gasteiger partial charge in [-0.05, 0) is 56.9 Å². The molecule has 1 atom stereocenters. The van der Waals surface area contributed by atoms with Gasteiger partial charge < -0.3 is 9.47 Å². The predicted molar refractivity (Wildman–Crippen MR) is 135 cm³/mol. The van der Waals surface area contributed by atoms with Crippen LogP contribution < -0.4 is 11.2 Å². The molecular formula is C27H30N4O3. The van der Waals surface area contributed by atoms with Crippen LogP contribution in [-0.4, -0.2) is 37.1 Å². The minimum atomic E-state index is -0.490. The number of hydrogen-bond donors (Lipinski definition) is 0. The Labute approximate surface area is 197 Å². The van der Waals surface area contributed by atoms with Gasteiger partial charge in [0.05, 0.1) is 16.7 Å². The third-order valence-corrected chi connectivity index (χ3v) is 7.15. The number of aryl methyl sites for hydroxylation is 2. The minimum Gasteiger partial charge on any atom is -0.338 e. The van der Waals surface area contributed by atoms with Gasteiger partial charge in [-0.15, -0.1) is 0 Å². The highest BCUT2D eigenvalue weighted by molar-refractivity contribution is 6.06. The van der Waals surface area contributed by atoms with Crippen LogP contribution in [0.3, 0.4) is 0 Å². The van der Waals surface area contributed by atoms with Crippen molar-refractivity contribution >= 4 is 27.8 Å². The van der Waals surface area contributed by atoms with Gasteiger partial charge in [0.2, 0.25) is 5.91 Å². The van der Waals surface area contributed by atoms with E-state index in [-0.39, 0.29) is 24.1 Å². The van der Waals surface area contributed by atoms with Crippen LogP contribution >= 0.6 is 0 Å². The summed E-state index contributed by atoms with van der Waals surface area (Å²) in [6, 6.07) is 15.1. The Balaban J connectivity index is 1.80. The third-order valence-electron chi connectivity index (χ3n) is 7.15. The molecule has 7 nitrogen and oxygen atoms in total. The fraction of sp³-hybridized carbons (Fsp3) is 0.370. The lowest BCUT2D eigenvalue weighted by atomic mass is 10.00. The maximum Gasteiger partial charge on any atom is 0.336 e. The van der Waals surface area contributed by atoms with Crippen molar-refractivity contribution in [3.05, 3.63) is 74.9 Å². The molecule has 4 aromatic rings. The molecule has 1 saturated heterocycles. The van der Waals surface area contributed by atoms with Crippen LogP contribution in [0.5, 0.6) is 0 Å². The first-order chi connectivity index (χ1) is 16.4. The Morgan fingerprint density at radius 1 is 1.03 bits per heavy atom. The number of nitrogens with zero attached hydrogens (tertiary/aromatic N) is 4. The Bertz CT molecular complexity index is 1510. The van der Waals surface area contributed by atoms with Crippen LogP contribution in [0.2, 0.25) is 0 Å². The summed E-state index contributed by atoms with van der Waals surface area (Å²) < 4.78 is 4.53. The summed E-state index contributed by atoms with van der Waals surface area (Å²) in [5.41, 5.74) is 2.45. The quantitative estimate of drug-likeness (QED) is 0.468. The lowest BCUT2D eigenvalue weighted by molar-refractivity contribution is -0.135. The van der Waals surface area contributed by atoms with Gasteiger partial charge in [-0.2, -0.15) is 0 Å². The van der Waals surface area contributed by atoms with Crippen molar-refractivity contribution in [2.24, 2.45) is 7.05 Å². The maximum atomic E-state index is 13.9. The fourth-order valence-corrected chi connectivity index (χ4v) is 5.40. The molecule has 0 spiro atoms. The van der Waals surface area contributed by atoms with Gasteiger partial charge in [0.15, 0.2) is 0 Å². The number of piperidine rings is 1. The molecule has 7 heteroatoms. The summed E-state index contributed by atoms with van der Waals surface area (Å²) in [5.74, 6) is -0.0714. The molecule has 0 N–H and O–H groups in total. The molecule has 5 rings (SSSR count). The van der Waals surface area contributed by atoms with Gasteiger partial charge in [-0.3, -0.25) is 14.2 Å². The van der Waals surface area contributed by atoms with E-state index in [1.807, 2.05) is 47.7 Å². The van der Waals surface area contributed by atoms with E-state index < -0.39 is 5.69 Å². The number of carbonyl (C=O) groups excluding carboxylic acids is 1. The van der Waals surface area contributed by atoms with Crippen molar-refractivity contribution < 1.29 is 4.79 Å². The fourth-order valence-electron chi connectivity index (χ4n) is 5.40. The summed E-state index contributed by atoms with van der Waals surface area (Å²) in [6.45, 7) is 4.70. The lowest BCUT2D eigenvalue weighted by Gasteiger charge is -2.35. The number of fused-ring (bicyclic) bond motifs is 3. The molecule has 2 aromatic carbocycles. The summed E-state index contributed by atoms with van der Waals surface area (Å²) >= 11 is 0. The summed E-state index contributed by atoms with van der Waals surface area (Å²) in [7, 11) is 1.84. The number of aromatic nitrogens is 3. The molecule has 1 amide bonds. The molecule has 0 radical (unpaired) electrons. The smallest absolute Gasteiger partial charge is 0.336 e. The molecular weight excluding hydrogens is 428 g/mol. The number of para-hydroxylation sites is 1. The van der Waals surface area contributed by atoms with E-state index in [2.05, 4.69) is 6.92 Å². The van der Waals surface area contributed by atoms with E-state index in [1.165, 1.54) is 9.13 Å². The van der Waals surface area contributed by atoms with Gasteiger partial charge in [0.1, 0.15) is 12.1 Å². The third kappa shape index (κ3) is 3.47. The van der Waals surface area contributed by atoms with Crippen molar-refractivity contribution in [3.8, 4) is 5.69 Å². The first kappa shape index (κ1) is 22.2. The van der Waals surface area contributed by atoms with E-state index in [0.29, 0.717) is 23.3 Å². The normalized spacial score (nSPS) is 16.4. The van der Waals surface area contributed by atoms with Crippen LogP contribution in [0.4, 0.5) is 0 Å². The second-order valence-corrected chi connectivity index (χ2v) is 9.27. The monoisotopic (exact) mass is 458 g/mol. The van der Waals surface area contributed by atoms with Crippen molar-refractivity contribution in [3.63, 3.8) is 0 Å². The second-order valence-electron chi connectivity index (χ2n) is 9.27. The number of benzene rings is 2. The van der Waals surface area contributed by atoms with Crippen LogP contribution in [0.15, 0.2) is 58.1 Å². The van der Waals surface area contributed by atoms with E-state index in [9.17, 15) is 14.4 Å². The maximum absolute atomic E-state index is 13.9. The summed E-state index contributed by atoms with van der Waals surface area (Å²) in [6.07, 6.45) is 3.98. The van der Waals surface area contributed by atoms with E-state index in [0.717, 1.165) is 42.1 Å². The van der Waals surface area contributed by atoms with Gasteiger partial charge in [0.25, 0.3) is 5.56 Å². The average Bonchev–Trinajstić information content (AvgIpc) is 3.14. The second kappa shape index (κ2) is 8.63. The largest absolute Gasteiger partial charge is 0.338 e. The zero-order chi connectivity index (χ0) is 24.0. The molecule has 1 aliphatic rings. The highest BCUT2D eigenvalue weighted by atomic mass is 16.2. The zero-order valence-corrected chi connectivity index (χ0v) is 20.0. The number of rotatable bonds is 4. The van der Waals surface area contributed by atoms with Crippen molar-refractivity contribution in [2.75, 3.05) is 6.54 Å². The van der Waals surface area contributed by atoms with Crippen LogP contribution in [-0.2, 0) is 18.4 Å². The van der Waals surface area contributed by atoms with E-state index in [1.54, 1.807) is 24.3 Å². The topological polar surface area (TPSA) is 69.2 Å². The molecule has 0 bridgehead atoms. The summed E-state index contributed by atoms with van der Waals surface area (Å²) in [4.78, 5) is 43.0. The Hall–Kier alpha value is -3.61. The van der Waals surface area contributed by atoms with Crippen LogP contribution in [0.25, 0.3) is 27.6 Å². The predicted octanol–water partition coefficient (Wildman–Crippen LogP) is 3.74. The minimum absolute atomic E-state index is 0.0714. The SMILES string of the molecule is CC[C@@H]1CCCCN1C(=O)Cn1c(=O)n(-c2ccccc2)c(=O)c2c1c1cc(C)ccc1n2C. The molecule has 1 aliphatic heterocycles. The zero-order valence-electron chi connectivity index (χ0n) is 20.0. The number of amides is 1. The van der Waals surface area contributed by atoms with Crippen molar-refractivity contribution in [1.29, 1.82) is 0 Å². The van der Waals surface area contributed by atoms with E-state index in [4.69, 9.17) is 0 Å². The molecule has 176 valence electrons. The van der Waals surface area contributed by atoms with Gasteiger partial charge in [-0.1, -0.05) is 36.8 Å². The molecule has 0 saturated carbocycles. The Morgan fingerprint density at radius 2 is 1.79 bits per heavy atom. The standard InChI is InChI=1S/C27H30N4O3/c1-4-19-10-8-9-15-29(19)23(32)17-30-24-21-16-18(2)13-14-22(21)28(3)25(24)26(33)31(27(30)34)20-11-6-5-7-12-20/h5-7,11-14,16,19H,4,8-10,15,17H2,1-3H3/t19-/m1/s1. The van der Waals surface area contributed by atoms with Crippen LogP contribution in [0, 0.1) is 6.92 Å². The summed E-state index contributed by atoms with van der Waals surface area (Å²) in [5, 5.41) is 0.811. The first-order valence-corrected chi connectivity index (χ1v) is 12.0. The lowest BCUT2D eigenvalue weighted by Crippen LogP contribution is -2.47. The highest BCUT2D eigenvalue weighted by Crippen LogP contribution is 2.27. The Kier molecular flexibility index (Phi) is 5.63. The first-order valence-electron chi connectivity index (χ1n) is 12.0.